The van der Waals surface area contributed by atoms with Gasteiger partial charge in [0.25, 0.3) is 0 Å². The summed E-state index contributed by atoms with van der Waals surface area (Å²) >= 11 is 0. The lowest BCUT2D eigenvalue weighted by Gasteiger charge is -2.12. The lowest BCUT2D eigenvalue weighted by Crippen LogP contribution is -1.97. The standard InChI is InChI=1S/C22H18N6O/c1-14-3-5-19-18(9-14)22(25-12-23-19)27-16-4-6-20(15(2)10-16)29-17-7-8-28-21(11-17)24-13-26-28/h3-13H,1-2H3,(H,23,25,27). The van der Waals surface area contributed by atoms with Gasteiger partial charge >= 0.3 is 0 Å². The summed E-state index contributed by atoms with van der Waals surface area (Å²) in [6.07, 6.45) is 4.92. The summed E-state index contributed by atoms with van der Waals surface area (Å²) in [5.41, 5.74) is 4.76. The lowest BCUT2D eigenvalue weighted by molar-refractivity contribution is 0.478. The van der Waals surface area contributed by atoms with Crippen LogP contribution in [0.3, 0.4) is 0 Å². The van der Waals surface area contributed by atoms with Crippen LogP contribution in [0.4, 0.5) is 11.5 Å². The van der Waals surface area contributed by atoms with Crippen LogP contribution in [0, 0.1) is 13.8 Å². The predicted octanol–water partition coefficient (Wildman–Crippen LogP) is 4.83. The molecular weight excluding hydrogens is 364 g/mol. The Hall–Kier alpha value is -4.00. The van der Waals surface area contributed by atoms with Gasteiger partial charge in [-0.2, -0.15) is 5.10 Å². The van der Waals surface area contributed by atoms with Crippen LogP contribution < -0.4 is 10.1 Å². The van der Waals surface area contributed by atoms with Crippen molar-refractivity contribution in [2.45, 2.75) is 13.8 Å². The van der Waals surface area contributed by atoms with Crippen molar-refractivity contribution in [3.63, 3.8) is 0 Å². The summed E-state index contributed by atoms with van der Waals surface area (Å²) in [6.45, 7) is 4.07. The van der Waals surface area contributed by atoms with Crippen LogP contribution in [-0.2, 0) is 0 Å². The number of nitrogens with zero attached hydrogens (tertiary/aromatic N) is 5. The van der Waals surface area contributed by atoms with Crippen LogP contribution in [-0.4, -0.2) is 24.6 Å². The highest BCUT2D eigenvalue weighted by molar-refractivity contribution is 5.91. The van der Waals surface area contributed by atoms with Gasteiger partial charge in [-0.1, -0.05) is 11.6 Å². The maximum Gasteiger partial charge on any atom is 0.158 e. The normalized spacial score (nSPS) is 11.1. The topological polar surface area (TPSA) is 77.2 Å². The molecule has 3 aromatic heterocycles. The molecule has 5 aromatic rings. The Balaban J connectivity index is 1.42. The molecule has 3 heterocycles. The van der Waals surface area contributed by atoms with Gasteiger partial charge in [0.15, 0.2) is 5.65 Å². The molecule has 0 saturated carbocycles. The summed E-state index contributed by atoms with van der Waals surface area (Å²) in [7, 11) is 0. The summed E-state index contributed by atoms with van der Waals surface area (Å²) in [5, 5.41) is 8.49. The van der Waals surface area contributed by atoms with Crippen molar-refractivity contribution >= 4 is 28.1 Å². The molecule has 0 aliphatic rings. The van der Waals surface area contributed by atoms with Gasteiger partial charge in [-0.25, -0.2) is 19.5 Å². The van der Waals surface area contributed by atoms with Gasteiger partial charge < -0.3 is 10.1 Å². The zero-order valence-electron chi connectivity index (χ0n) is 16.0. The molecule has 0 fully saturated rings. The molecule has 0 amide bonds. The van der Waals surface area contributed by atoms with E-state index in [4.69, 9.17) is 4.74 Å². The monoisotopic (exact) mass is 382 g/mol. The average molecular weight is 382 g/mol. The molecule has 0 radical (unpaired) electrons. The molecule has 2 aromatic carbocycles. The van der Waals surface area contributed by atoms with Crippen LogP contribution in [0.25, 0.3) is 16.6 Å². The first-order valence-electron chi connectivity index (χ1n) is 9.22. The first-order valence-corrected chi connectivity index (χ1v) is 9.22. The van der Waals surface area contributed by atoms with Gasteiger partial charge in [-0.15, -0.1) is 0 Å². The summed E-state index contributed by atoms with van der Waals surface area (Å²) in [5.74, 6) is 2.28. The summed E-state index contributed by atoms with van der Waals surface area (Å²) in [4.78, 5) is 12.9. The van der Waals surface area contributed by atoms with E-state index in [1.807, 2.05) is 55.6 Å². The van der Waals surface area contributed by atoms with E-state index in [0.29, 0.717) is 5.75 Å². The minimum absolute atomic E-state index is 0.714. The summed E-state index contributed by atoms with van der Waals surface area (Å²) < 4.78 is 7.74. The Morgan fingerprint density at radius 3 is 2.72 bits per heavy atom. The Labute approximate surface area is 167 Å². The number of anilines is 2. The van der Waals surface area contributed by atoms with Crippen LogP contribution in [0.1, 0.15) is 11.1 Å². The van der Waals surface area contributed by atoms with Crippen LogP contribution in [0.15, 0.2) is 67.4 Å². The van der Waals surface area contributed by atoms with E-state index >= 15 is 0 Å². The molecule has 7 nitrogen and oxygen atoms in total. The summed E-state index contributed by atoms with van der Waals surface area (Å²) in [6, 6.07) is 15.8. The SMILES string of the molecule is Cc1ccc2ncnc(Nc3ccc(Oc4ccn5ncnc5c4)c(C)c3)c2c1. The second-order valence-corrected chi connectivity index (χ2v) is 6.88. The van der Waals surface area contributed by atoms with Gasteiger partial charge in [-0.3, -0.25) is 0 Å². The number of hydrogen-bond acceptors (Lipinski definition) is 6. The number of benzene rings is 2. The fourth-order valence-electron chi connectivity index (χ4n) is 3.24. The van der Waals surface area contributed by atoms with E-state index in [1.54, 1.807) is 10.8 Å². The number of hydrogen-bond donors (Lipinski definition) is 1. The van der Waals surface area contributed by atoms with E-state index in [0.717, 1.165) is 39.4 Å². The first-order chi connectivity index (χ1) is 14.2. The van der Waals surface area contributed by atoms with E-state index in [2.05, 4.69) is 38.4 Å². The van der Waals surface area contributed by atoms with Crippen molar-refractivity contribution in [2.75, 3.05) is 5.32 Å². The highest BCUT2D eigenvalue weighted by atomic mass is 16.5. The third-order valence-electron chi connectivity index (χ3n) is 4.71. The van der Waals surface area contributed by atoms with Gasteiger partial charge in [0.1, 0.15) is 30.0 Å². The van der Waals surface area contributed by atoms with Crippen molar-refractivity contribution in [3.05, 3.63) is 78.5 Å². The predicted molar refractivity (Wildman–Crippen MR) is 112 cm³/mol. The van der Waals surface area contributed by atoms with Gasteiger partial charge in [0, 0.05) is 23.3 Å². The molecule has 7 heteroatoms. The minimum Gasteiger partial charge on any atom is -0.457 e. The third kappa shape index (κ3) is 3.34. The fraction of sp³-hybridized carbons (Fsp3) is 0.0909. The highest BCUT2D eigenvalue weighted by Gasteiger charge is 2.08. The molecule has 0 saturated heterocycles. The van der Waals surface area contributed by atoms with Crippen LogP contribution in [0.5, 0.6) is 11.5 Å². The molecule has 0 aliphatic carbocycles. The van der Waals surface area contributed by atoms with Crippen LogP contribution in [0.2, 0.25) is 0 Å². The Morgan fingerprint density at radius 2 is 1.83 bits per heavy atom. The van der Waals surface area contributed by atoms with Crippen molar-refractivity contribution in [1.82, 2.24) is 24.6 Å². The van der Waals surface area contributed by atoms with E-state index in [9.17, 15) is 0 Å². The van der Waals surface area contributed by atoms with Gasteiger partial charge in [0.2, 0.25) is 0 Å². The van der Waals surface area contributed by atoms with Crippen LogP contribution >= 0.6 is 0 Å². The Kier molecular flexibility index (Phi) is 4.05. The Bertz CT molecular complexity index is 1340. The highest BCUT2D eigenvalue weighted by Crippen LogP contribution is 2.30. The third-order valence-corrected chi connectivity index (χ3v) is 4.71. The van der Waals surface area contributed by atoms with E-state index in [1.165, 1.54) is 11.9 Å². The average Bonchev–Trinajstić information content (AvgIpc) is 3.18. The quantitative estimate of drug-likeness (QED) is 0.480. The molecule has 0 unspecified atom stereocenters. The number of aryl methyl sites for hydroxylation is 2. The van der Waals surface area contributed by atoms with Crippen molar-refractivity contribution in [3.8, 4) is 11.5 Å². The number of aromatic nitrogens is 5. The Morgan fingerprint density at radius 1 is 0.897 bits per heavy atom. The van der Waals surface area contributed by atoms with Crippen molar-refractivity contribution < 1.29 is 4.74 Å². The zero-order valence-corrected chi connectivity index (χ0v) is 16.0. The number of nitrogens with one attached hydrogen (secondary N) is 1. The smallest absolute Gasteiger partial charge is 0.158 e. The second-order valence-electron chi connectivity index (χ2n) is 6.88. The van der Waals surface area contributed by atoms with Crippen molar-refractivity contribution in [2.24, 2.45) is 0 Å². The fourth-order valence-corrected chi connectivity index (χ4v) is 3.24. The maximum absolute atomic E-state index is 6.04. The molecule has 1 N–H and O–H groups in total. The zero-order chi connectivity index (χ0) is 19.8. The molecular formula is C22H18N6O. The lowest BCUT2D eigenvalue weighted by atomic mass is 10.1. The van der Waals surface area contributed by atoms with Crippen molar-refractivity contribution in [1.29, 1.82) is 0 Å². The molecule has 0 atom stereocenters. The number of pyridine rings is 1. The number of rotatable bonds is 4. The second kappa shape index (κ2) is 6.87. The van der Waals surface area contributed by atoms with E-state index < -0.39 is 0 Å². The molecule has 0 bridgehead atoms. The largest absolute Gasteiger partial charge is 0.457 e. The van der Waals surface area contributed by atoms with E-state index in [-0.39, 0.29) is 0 Å². The molecule has 29 heavy (non-hydrogen) atoms. The molecule has 0 spiro atoms. The van der Waals surface area contributed by atoms with Gasteiger partial charge in [0.05, 0.1) is 5.52 Å². The molecule has 0 aliphatic heterocycles. The number of ether oxygens (including phenoxy) is 1. The molecule has 142 valence electrons. The molecule has 5 rings (SSSR count). The minimum atomic E-state index is 0.714. The maximum atomic E-state index is 6.04. The first kappa shape index (κ1) is 17.1. The van der Waals surface area contributed by atoms with Gasteiger partial charge in [-0.05, 0) is 55.8 Å². The number of fused-ring (bicyclic) bond motifs is 2.